The molecule has 9 heteroatoms. The molecule has 9 nitrogen and oxygen atoms in total. The van der Waals surface area contributed by atoms with Crippen LogP contribution in [0.4, 0.5) is 0 Å². The molecule has 0 aliphatic carbocycles. The predicted molar refractivity (Wildman–Crippen MR) is 144 cm³/mol. The fraction of sp³-hybridized carbons (Fsp3) is 0.655. The van der Waals surface area contributed by atoms with E-state index in [0.717, 1.165) is 12.8 Å². The number of carboxylic acid groups (broad SMARTS) is 1. The fourth-order valence-corrected chi connectivity index (χ4v) is 3.84. The molecule has 0 aromatic heterocycles. The maximum absolute atomic E-state index is 12.6. The molecule has 0 saturated carbocycles. The highest BCUT2D eigenvalue weighted by molar-refractivity contribution is 5.77. The maximum Gasteiger partial charge on any atom is 0.321 e. The molecule has 0 aliphatic rings. The highest BCUT2D eigenvalue weighted by Gasteiger charge is 2.36. The second-order valence-electron chi connectivity index (χ2n) is 10.3. The zero-order valence-corrected chi connectivity index (χ0v) is 23.8. The first kappa shape index (κ1) is 33.1. The summed E-state index contributed by atoms with van der Waals surface area (Å²) in [4.78, 5) is 49.3. The van der Waals surface area contributed by atoms with Crippen molar-refractivity contribution in [2.75, 3.05) is 0 Å². The summed E-state index contributed by atoms with van der Waals surface area (Å²) in [6.45, 7) is 13.0. The van der Waals surface area contributed by atoms with Gasteiger partial charge in [-0.2, -0.15) is 0 Å². The van der Waals surface area contributed by atoms with Gasteiger partial charge in [0.25, 0.3) is 0 Å². The van der Waals surface area contributed by atoms with Crippen LogP contribution >= 0.6 is 0 Å². The summed E-state index contributed by atoms with van der Waals surface area (Å²) in [6, 6.07) is 3.23. The van der Waals surface area contributed by atoms with Gasteiger partial charge in [0.05, 0.1) is 5.92 Å². The van der Waals surface area contributed by atoms with Gasteiger partial charge < -0.3 is 25.1 Å². The normalized spacial score (nSPS) is 15.2. The molecule has 214 valence electrons. The van der Waals surface area contributed by atoms with Crippen LogP contribution in [0.15, 0.2) is 18.2 Å². The van der Waals surface area contributed by atoms with Crippen molar-refractivity contribution in [2.45, 2.75) is 105 Å². The summed E-state index contributed by atoms with van der Waals surface area (Å²) < 4.78 is 16.7. The van der Waals surface area contributed by atoms with Crippen molar-refractivity contribution in [3.05, 3.63) is 23.8 Å². The third-order valence-corrected chi connectivity index (χ3v) is 6.92. The van der Waals surface area contributed by atoms with Crippen LogP contribution in [0.2, 0.25) is 0 Å². The third kappa shape index (κ3) is 10.1. The standard InChI is InChI=1S/C29H45NO8/c1-8-10-12-24(31)37-22-15-14-21(16-23(22)38-25(32)13-11-9-2)26(27(30)28(33)34)19(6)20(7)36-29(35)18(5)17(3)4/h14-20,26-27H,8-13,30H2,1-7H3,(H,33,34)/t18?,19?,20?,26?,27-/m0/s1. The van der Waals surface area contributed by atoms with Gasteiger partial charge in [0.15, 0.2) is 11.5 Å². The van der Waals surface area contributed by atoms with Crippen LogP contribution in [0.5, 0.6) is 11.5 Å². The zero-order chi connectivity index (χ0) is 29.0. The first-order valence-electron chi connectivity index (χ1n) is 13.6. The predicted octanol–water partition coefficient (Wildman–Crippen LogP) is 5.23. The molecule has 0 heterocycles. The van der Waals surface area contributed by atoms with E-state index in [4.69, 9.17) is 19.9 Å². The van der Waals surface area contributed by atoms with Gasteiger partial charge in [0.2, 0.25) is 0 Å². The molecule has 3 N–H and O–H groups in total. The number of rotatable bonds is 16. The zero-order valence-electron chi connectivity index (χ0n) is 23.8. The summed E-state index contributed by atoms with van der Waals surface area (Å²) in [5.74, 6) is -4.03. The van der Waals surface area contributed by atoms with Crippen molar-refractivity contribution in [1.29, 1.82) is 0 Å². The first-order chi connectivity index (χ1) is 17.8. The molecule has 5 atom stereocenters. The highest BCUT2D eigenvalue weighted by atomic mass is 16.6. The number of carboxylic acids is 1. The molecule has 0 spiro atoms. The van der Waals surface area contributed by atoms with Gasteiger partial charge >= 0.3 is 23.9 Å². The minimum atomic E-state index is -1.34. The fourth-order valence-electron chi connectivity index (χ4n) is 3.84. The number of hydrogen-bond donors (Lipinski definition) is 2. The van der Waals surface area contributed by atoms with Crippen molar-refractivity contribution in [3.63, 3.8) is 0 Å². The molecule has 1 aromatic rings. The summed E-state index contributed by atoms with van der Waals surface area (Å²) in [5, 5.41) is 9.77. The summed E-state index contributed by atoms with van der Waals surface area (Å²) in [5.41, 5.74) is 6.59. The van der Waals surface area contributed by atoms with Crippen LogP contribution in [0, 0.1) is 17.8 Å². The van der Waals surface area contributed by atoms with Crippen LogP contribution in [-0.4, -0.2) is 41.1 Å². The highest BCUT2D eigenvalue weighted by Crippen LogP contribution is 2.37. The van der Waals surface area contributed by atoms with Gasteiger partial charge in [-0.1, -0.05) is 60.5 Å². The molecule has 0 saturated heterocycles. The van der Waals surface area contributed by atoms with E-state index in [1.54, 1.807) is 26.8 Å². The van der Waals surface area contributed by atoms with E-state index >= 15 is 0 Å². The number of unbranched alkanes of at least 4 members (excludes halogenated alkanes) is 2. The largest absolute Gasteiger partial charge is 0.480 e. The Morgan fingerprint density at radius 2 is 1.39 bits per heavy atom. The molecule has 0 aliphatic heterocycles. The van der Waals surface area contributed by atoms with Crippen LogP contribution in [-0.2, 0) is 23.9 Å². The second-order valence-corrected chi connectivity index (χ2v) is 10.3. The lowest BCUT2D eigenvalue weighted by Crippen LogP contribution is -2.43. The average Bonchev–Trinajstić information content (AvgIpc) is 2.86. The van der Waals surface area contributed by atoms with Gasteiger partial charge in [0, 0.05) is 24.7 Å². The van der Waals surface area contributed by atoms with E-state index in [0.29, 0.717) is 18.4 Å². The lowest BCUT2D eigenvalue weighted by Gasteiger charge is -2.32. The Balaban J connectivity index is 3.41. The molecule has 0 radical (unpaired) electrons. The molecule has 0 amide bonds. The minimum Gasteiger partial charge on any atom is -0.480 e. The molecule has 0 fully saturated rings. The third-order valence-electron chi connectivity index (χ3n) is 6.92. The van der Waals surface area contributed by atoms with Gasteiger partial charge in [-0.15, -0.1) is 0 Å². The Kier molecular flexibility index (Phi) is 14.0. The van der Waals surface area contributed by atoms with Crippen molar-refractivity contribution < 1.29 is 38.5 Å². The SMILES string of the molecule is CCCCC(=O)Oc1ccc(C(C(C)C(C)OC(=O)C(C)C(C)C)[C@H](N)C(=O)O)cc1OC(=O)CCCC. The first-order valence-corrected chi connectivity index (χ1v) is 13.6. The van der Waals surface area contributed by atoms with Crippen LogP contribution in [0.3, 0.4) is 0 Å². The van der Waals surface area contributed by atoms with E-state index in [-0.39, 0.29) is 42.1 Å². The van der Waals surface area contributed by atoms with E-state index in [9.17, 15) is 24.3 Å². The number of carbonyl (C=O) groups is 4. The lowest BCUT2D eigenvalue weighted by atomic mass is 9.79. The number of nitrogens with two attached hydrogens (primary N) is 1. The van der Waals surface area contributed by atoms with Gasteiger partial charge in [-0.05, 0) is 43.4 Å². The topological polar surface area (TPSA) is 142 Å². The monoisotopic (exact) mass is 535 g/mol. The van der Waals surface area contributed by atoms with Crippen molar-refractivity contribution in [3.8, 4) is 11.5 Å². The summed E-state index contributed by atoms with van der Waals surface area (Å²) in [6.07, 6.45) is 2.64. The Morgan fingerprint density at radius 3 is 1.87 bits per heavy atom. The molecule has 1 aromatic carbocycles. The maximum atomic E-state index is 12.6. The lowest BCUT2D eigenvalue weighted by molar-refractivity contribution is -0.157. The molecular weight excluding hydrogens is 490 g/mol. The van der Waals surface area contributed by atoms with E-state index < -0.39 is 41.9 Å². The van der Waals surface area contributed by atoms with Crippen molar-refractivity contribution >= 4 is 23.9 Å². The average molecular weight is 536 g/mol. The van der Waals surface area contributed by atoms with Gasteiger partial charge in [-0.3, -0.25) is 19.2 Å². The number of ether oxygens (including phenoxy) is 3. The van der Waals surface area contributed by atoms with E-state index in [2.05, 4.69) is 0 Å². The smallest absolute Gasteiger partial charge is 0.321 e. The molecule has 1 rings (SSSR count). The van der Waals surface area contributed by atoms with Crippen LogP contribution in [0.1, 0.15) is 98.5 Å². The van der Waals surface area contributed by atoms with Crippen molar-refractivity contribution in [2.24, 2.45) is 23.5 Å². The van der Waals surface area contributed by atoms with Crippen LogP contribution < -0.4 is 15.2 Å². The van der Waals surface area contributed by atoms with E-state index in [1.165, 1.54) is 12.1 Å². The Hall–Kier alpha value is -2.94. The summed E-state index contributed by atoms with van der Waals surface area (Å²) >= 11 is 0. The molecule has 4 unspecified atom stereocenters. The van der Waals surface area contributed by atoms with Gasteiger partial charge in [0.1, 0.15) is 12.1 Å². The second kappa shape index (κ2) is 16.1. The number of benzene rings is 1. The number of esters is 3. The van der Waals surface area contributed by atoms with Gasteiger partial charge in [-0.25, -0.2) is 0 Å². The Bertz CT molecular complexity index is 945. The molecule has 0 bridgehead atoms. The molecular formula is C29H45NO8. The number of hydrogen-bond acceptors (Lipinski definition) is 8. The quantitative estimate of drug-likeness (QED) is 0.215. The number of carbonyl (C=O) groups excluding carboxylic acids is 3. The number of aliphatic carboxylic acids is 1. The Morgan fingerprint density at radius 1 is 0.868 bits per heavy atom. The molecule has 38 heavy (non-hydrogen) atoms. The summed E-state index contributed by atoms with van der Waals surface area (Å²) in [7, 11) is 0. The van der Waals surface area contributed by atoms with Crippen LogP contribution in [0.25, 0.3) is 0 Å². The van der Waals surface area contributed by atoms with Crippen molar-refractivity contribution in [1.82, 2.24) is 0 Å². The Labute approximate surface area is 226 Å². The van der Waals surface area contributed by atoms with E-state index in [1.807, 2.05) is 27.7 Å². The minimum absolute atomic E-state index is 0.0151.